The lowest BCUT2D eigenvalue weighted by molar-refractivity contribution is -0.871. The van der Waals surface area contributed by atoms with Crippen LogP contribution in [0.4, 0.5) is 0 Å². The van der Waals surface area contributed by atoms with Crippen molar-refractivity contribution in [1.29, 1.82) is 0 Å². The van der Waals surface area contributed by atoms with Crippen molar-refractivity contribution >= 4 is 0 Å². The quantitative estimate of drug-likeness (QED) is 0.441. The molecule has 3 heterocycles. The van der Waals surface area contributed by atoms with Gasteiger partial charge < -0.3 is 0 Å². The van der Waals surface area contributed by atoms with Gasteiger partial charge in [0.15, 0.2) is 0 Å². The second-order valence-corrected chi connectivity index (χ2v) is 3.85. The van der Waals surface area contributed by atoms with Crippen LogP contribution >= 0.6 is 0 Å². The predicted molar refractivity (Wildman–Crippen MR) is 55.8 cm³/mol. The summed E-state index contributed by atoms with van der Waals surface area (Å²) < 4.78 is 4.49. The molecule has 0 atom stereocenters. The molecule has 2 aromatic rings. The van der Waals surface area contributed by atoms with Crippen LogP contribution in [-0.2, 0) is 6.42 Å². The number of hydrogen-bond donors (Lipinski definition) is 0. The van der Waals surface area contributed by atoms with Gasteiger partial charge in [-0.15, -0.1) is 0 Å². The van der Waals surface area contributed by atoms with Crippen molar-refractivity contribution in [2.75, 3.05) is 0 Å². The maximum absolute atomic E-state index is 2.24. The minimum atomic E-state index is 0.999. The molecule has 0 unspecified atom stereocenters. The summed E-state index contributed by atoms with van der Waals surface area (Å²) in [6.07, 6.45) is 6.48. The molecule has 0 spiro atoms. The third kappa shape index (κ3) is 1.22. The van der Waals surface area contributed by atoms with Crippen LogP contribution in [0.1, 0.15) is 18.3 Å². The fourth-order valence-electron chi connectivity index (χ4n) is 2.18. The van der Waals surface area contributed by atoms with Crippen LogP contribution in [0.25, 0.3) is 0 Å². The highest BCUT2D eigenvalue weighted by molar-refractivity contribution is 5.10. The second-order valence-electron chi connectivity index (χ2n) is 3.85. The fraction of sp³-hybridized carbons (Fsp3) is 0.154. The van der Waals surface area contributed by atoms with Gasteiger partial charge in [0.05, 0.1) is 13.3 Å². The van der Waals surface area contributed by atoms with Crippen LogP contribution in [0.2, 0.25) is 0 Å². The van der Waals surface area contributed by atoms with Crippen molar-refractivity contribution in [3.63, 3.8) is 0 Å². The number of fused-ring (bicyclic) bond motifs is 2. The van der Waals surface area contributed by atoms with Crippen molar-refractivity contribution < 1.29 is 9.13 Å². The van der Waals surface area contributed by atoms with Gasteiger partial charge in [0.1, 0.15) is 23.8 Å². The lowest BCUT2D eigenvalue weighted by Gasteiger charge is -2.18. The Bertz CT molecular complexity index is 460. The van der Waals surface area contributed by atoms with E-state index in [1.807, 2.05) is 0 Å². The van der Waals surface area contributed by atoms with E-state index in [1.165, 1.54) is 17.6 Å². The smallest absolute Gasteiger partial charge is 0.209 e. The molecule has 1 aliphatic heterocycles. The summed E-state index contributed by atoms with van der Waals surface area (Å²) in [4.78, 5) is 0. The summed E-state index contributed by atoms with van der Waals surface area (Å²) in [5, 5.41) is 0. The van der Waals surface area contributed by atoms with Gasteiger partial charge in [0, 0.05) is 0 Å². The molecule has 0 amide bonds. The Labute approximate surface area is 89.4 Å². The van der Waals surface area contributed by atoms with E-state index in [9.17, 15) is 0 Å². The van der Waals surface area contributed by atoms with Gasteiger partial charge in [-0.2, -0.15) is 0 Å². The zero-order valence-corrected chi connectivity index (χ0v) is 8.72. The van der Waals surface area contributed by atoms with Crippen LogP contribution in [-0.4, -0.2) is 0 Å². The minimum absolute atomic E-state index is 0.999. The highest BCUT2D eigenvalue weighted by Gasteiger charge is 2.29. The largest absolute Gasteiger partial charge is 0.351 e. The van der Waals surface area contributed by atoms with Crippen LogP contribution in [0.3, 0.4) is 0 Å². The summed E-state index contributed by atoms with van der Waals surface area (Å²) in [6.45, 7) is 2.14. The molecule has 0 aromatic carbocycles. The van der Waals surface area contributed by atoms with E-state index in [1.54, 1.807) is 0 Å². The maximum atomic E-state index is 2.24. The molecule has 0 aliphatic carbocycles. The first-order valence-electron chi connectivity index (χ1n) is 5.20. The molecule has 0 saturated heterocycles. The SMILES string of the molecule is C[C-]1[n+]2ccccc2Cc2cccc[n+]21. The maximum Gasteiger partial charge on any atom is 0.351 e. The average molecular weight is 197 g/mol. The van der Waals surface area contributed by atoms with E-state index in [0.29, 0.717) is 0 Å². The molecule has 0 fully saturated rings. The topological polar surface area (TPSA) is 7.76 Å². The predicted octanol–water partition coefficient (Wildman–Crippen LogP) is 1.07. The Morgan fingerprint density at radius 2 is 1.47 bits per heavy atom. The molecular weight excluding hydrogens is 184 g/mol. The van der Waals surface area contributed by atoms with E-state index in [-0.39, 0.29) is 0 Å². The number of aromatic nitrogens is 2. The molecule has 2 aromatic heterocycles. The summed E-state index contributed by atoms with van der Waals surface area (Å²) >= 11 is 0. The number of hydrogen-bond acceptors (Lipinski definition) is 0. The molecule has 2 heteroatoms. The van der Waals surface area contributed by atoms with Crippen molar-refractivity contribution in [3.8, 4) is 0 Å². The fourth-order valence-corrected chi connectivity index (χ4v) is 2.18. The Balaban J connectivity index is 2.20. The zero-order valence-electron chi connectivity index (χ0n) is 8.72. The van der Waals surface area contributed by atoms with Crippen LogP contribution in [0, 0.1) is 6.17 Å². The molecule has 0 N–H and O–H groups in total. The van der Waals surface area contributed by atoms with Gasteiger partial charge in [-0.1, -0.05) is 12.1 Å². The molecule has 3 rings (SSSR count). The number of pyridine rings is 2. The van der Waals surface area contributed by atoms with Gasteiger partial charge >= 0.3 is 6.17 Å². The summed E-state index contributed by atoms with van der Waals surface area (Å²) in [5.74, 6) is 0. The Kier molecular flexibility index (Phi) is 1.75. The Morgan fingerprint density at radius 1 is 0.933 bits per heavy atom. The number of nitrogens with zero attached hydrogens (tertiary/aromatic N) is 2. The normalized spacial score (nSPS) is 13.3. The van der Waals surface area contributed by atoms with Gasteiger partial charge in [0.2, 0.25) is 0 Å². The molecular formula is C13H13N2+. The standard InChI is InChI=1S/C13H13N2/c1-11-14-8-4-2-6-12(14)10-13-7-3-5-9-15(11)13/h2-9H,10H2,1H3/q+1. The van der Waals surface area contributed by atoms with Crippen molar-refractivity contribution in [2.24, 2.45) is 0 Å². The van der Waals surface area contributed by atoms with Crippen molar-refractivity contribution in [2.45, 2.75) is 13.3 Å². The monoisotopic (exact) mass is 197 g/mol. The lowest BCUT2D eigenvalue weighted by Crippen LogP contribution is -2.63. The molecule has 2 nitrogen and oxygen atoms in total. The first-order chi connectivity index (χ1) is 7.36. The van der Waals surface area contributed by atoms with E-state index in [0.717, 1.165) is 6.42 Å². The van der Waals surface area contributed by atoms with E-state index < -0.39 is 0 Å². The average Bonchev–Trinajstić information content (AvgIpc) is 2.30. The third-order valence-electron chi connectivity index (χ3n) is 2.95. The Morgan fingerprint density at radius 3 is 2.00 bits per heavy atom. The molecule has 0 radical (unpaired) electrons. The van der Waals surface area contributed by atoms with E-state index in [2.05, 4.69) is 64.8 Å². The van der Waals surface area contributed by atoms with Gasteiger partial charge in [0.25, 0.3) is 0 Å². The lowest BCUT2D eigenvalue weighted by atomic mass is 10.1. The molecule has 74 valence electrons. The molecule has 0 bridgehead atoms. The van der Waals surface area contributed by atoms with Crippen molar-refractivity contribution in [1.82, 2.24) is 0 Å². The first kappa shape index (κ1) is 8.48. The first-order valence-corrected chi connectivity index (χ1v) is 5.20. The summed E-state index contributed by atoms with van der Waals surface area (Å²) in [6, 6.07) is 12.7. The highest BCUT2D eigenvalue weighted by Crippen LogP contribution is 2.09. The summed E-state index contributed by atoms with van der Waals surface area (Å²) in [5.41, 5.74) is 2.70. The van der Waals surface area contributed by atoms with Crippen LogP contribution in [0.15, 0.2) is 48.8 Å². The van der Waals surface area contributed by atoms with Crippen LogP contribution < -0.4 is 9.13 Å². The molecule has 15 heavy (non-hydrogen) atoms. The summed E-state index contributed by atoms with van der Waals surface area (Å²) in [7, 11) is 0. The molecule has 0 saturated carbocycles. The number of rotatable bonds is 0. The zero-order chi connectivity index (χ0) is 10.3. The third-order valence-corrected chi connectivity index (χ3v) is 2.95. The van der Waals surface area contributed by atoms with E-state index >= 15 is 0 Å². The van der Waals surface area contributed by atoms with Gasteiger partial charge in [-0.3, -0.25) is 0 Å². The minimum Gasteiger partial charge on any atom is -0.209 e. The van der Waals surface area contributed by atoms with Crippen LogP contribution in [0.5, 0.6) is 0 Å². The highest BCUT2D eigenvalue weighted by atomic mass is 15.2. The van der Waals surface area contributed by atoms with Gasteiger partial charge in [-0.25, -0.2) is 9.13 Å². The van der Waals surface area contributed by atoms with Crippen molar-refractivity contribution in [3.05, 3.63) is 66.3 Å². The Hall–Kier alpha value is -1.83. The van der Waals surface area contributed by atoms with E-state index in [4.69, 9.17) is 0 Å². The molecule has 1 aliphatic rings. The van der Waals surface area contributed by atoms with Gasteiger partial charge in [-0.05, 0) is 24.3 Å². The second kappa shape index (κ2) is 3.09.